The average molecular weight is 348 g/mol. The van der Waals surface area contributed by atoms with Gasteiger partial charge in [0.2, 0.25) is 0 Å². The first-order chi connectivity index (χ1) is 11.6. The van der Waals surface area contributed by atoms with E-state index in [1.54, 1.807) is 30.5 Å². The first-order valence-corrected chi connectivity index (χ1v) is 9.03. The molecule has 0 radical (unpaired) electrons. The molecule has 0 spiro atoms. The topological polar surface area (TPSA) is 40.5 Å². The lowest BCUT2D eigenvalue weighted by molar-refractivity contribution is 0.473. The Bertz CT molecular complexity index is 669. The number of nitrogens with zero attached hydrogens (tertiary/aromatic N) is 3. The summed E-state index contributed by atoms with van der Waals surface area (Å²) in [6.45, 7) is 3.51. The van der Waals surface area contributed by atoms with Crippen LogP contribution in [0.1, 0.15) is 29.1 Å². The monoisotopic (exact) mass is 348 g/mol. The lowest BCUT2D eigenvalue weighted by atomic mass is 10.2. The van der Waals surface area contributed by atoms with Gasteiger partial charge in [0.15, 0.2) is 5.96 Å². The van der Waals surface area contributed by atoms with Crippen molar-refractivity contribution in [1.82, 2.24) is 15.2 Å². The number of hydrogen-bond acceptors (Lipinski definition) is 3. The van der Waals surface area contributed by atoms with E-state index in [1.807, 2.05) is 24.9 Å². The van der Waals surface area contributed by atoms with Crippen LogP contribution in [0.2, 0.25) is 0 Å². The molecule has 0 saturated carbocycles. The van der Waals surface area contributed by atoms with Crippen LogP contribution >= 0.6 is 11.3 Å². The van der Waals surface area contributed by atoms with Crippen LogP contribution in [0.15, 0.2) is 34.6 Å². The van der Waals surface area contributed by atoms with E-state index in [2.05, 4.69) is 20.7 Å². The molecule has 2 aromatic rings. The Hall–Kier alpha value is -1.95. The first-order valence-electron chi connectivity index (χ1n) is 8.15. The fourth-order valence-corrected chi connectivity index (χ4v) is 3.31. The Morgan fingerprint density at radius 3 is 2.88 bits per heavy atom. The summed E-state index contributed by atoms with van der Waals surface area (Å²) < 4.78 is 13.3. The van der Waals surface area contributed by atoms with E-state index in [1.165, 1.54) is 11.1 Å². The first kappa shape index (κ1) is 18.4. The third kappa shape index (κ3) is 5.92. The maximum absolute atomic E-state index is 13.3. The molecule has 0 aliphatic rings. The van der Waals surface area contributed by atoms with Crippen molar-refractivity contribution in [3.05, 3.63) is 51.7 Å². The Balaban J connectivity index is 1.71. The molecule has 0 saturated heterocycles. The number of halogens is 1. The highest BCUT2D eigenvalue weighted by Gasteiger charge is 2.07. The number of aliphatic imine (C=N–C) groups is 1. The number of rotatable bonds is 7. The Labute approximate surface area is 147 Å². The predicted molar refractivity (Wildman–Crippen MR) is 99.0 cm³/mol. The summed E-state index contributed by atoms with van der Waals surface area (Å²) in [5, 5.41) is 6.66. The molecule has 0 aliphatic carbocycles. The molecule has 1 N–H and O–H groups in total. The average Bonchev–Trinajstić information content (AvgIpc) is 2.96. The second-order valence-electron chi connectivity index (χ2n) is 5.80. The molecule has 24 heavy (non-hydrogen) atoms. The second kappa shape index (κ2) is 9.37. The molecule has 0 atom stereocenters. The summed E-state index contributed by atoms with van der Waals surface area (Å²) >= 11 is 1.73. The predicted octanol–water partition coefficient (Wildman–Crippen LogP) is 3.62. The smallest absolute Gasteiger partial charge is 0.193 e. The molecule has 6 heteroatoms. The van der Waals surface area contributed by atoms with Crippen molar-refractivity contribution in [2.75, 3.05) is 20.6 Å². The van der Waals surface area contributed by atoms with Crippen LogP contribution in [-0.4, -0.2) is 36.5 Å². The number of nitrogens with one attached hydrogen (secondary N) is 1. The summed E-state index contributed by atoms with van der Waals surface area (Å²) in [5.41, 5.74) is 2.03. The van der Waals surface area contributed by atoms with Gasteiger partial charge < -0.3 is 10.2 Å². The minimum Gasteiger partial charge on any atom is -0.356 e. The number of aromatic nitrogens is 1. The standard InChI is InChI=1S/C18H25FN4S/c1-14-13-24-17(22-14)9-4-5-10-21-18(20-2)23(3)12-15-7-6-8-16(19)11-15/h6-8,11,13H,4-5,9-10,12H2,1-3H3,(H,20,21). The number of unbranched alkanes of at least 4 members (excludes halogenated alkanes) is 1. The van der Waals surface area contributed by atoms with Gasteiger partial charge in [0.05, 0.1) is 5.01 Å². The Kier molecular flexibility index (Phi) is 7.18. The maximum Gasteiger partial charge on any atom is 0.193 e. The largest absolute Gasteiger partial charge is 0.356 e. The molecular formula is C18H25FN4S. The second-order valence-corrected chi connectivity index (χ2v) is 6.74. The van der Waals surface area contributed by atoms with Crippen LogP contribution in [0.4, 0.5) is 4.39 Å². The van der Waals surface area contributed by atoms with Crippen molar-refractivity contribution in [3.8, 4) is 0 Å². The van der Waals surface area contributed by atoms with Gasteiger partial charge in [-0.15, -0.1) is 11.3 Å². The van der Waals surface area contributed by atoms with Gasteiger partial charge in [-0.3, -0.25) is 4.99 Å². The van der Waals surface area contributed by atoms with E-state index < -0.39 is 0 Å². The molecule has 0 fully saturated rings. The zero-order valence-electron chi connectivity index (χ0n) is 14.6. The van der Waals surface area contributed by atoms with Gasteiger partial charge in [0.1, 0.15) is 5.82 Å². The lowest BCUT2D eigenvalue weighted by Crippen LogP contribution is -2.38. The van der Waals surface area contributed by atoms with E-state index in [4.69, 9.17) is 0 Å². The van der Waals surface area contributed by atoms with Gasteiger partial charge in [-0.1, -0.05) is 12.1 Å². The van der Waals surface area contributed by atoms with E-state index >= 15 is 0 Å². The summed E-state index contributed by atoms with van der Waals surface area (Å²) in [6, 6.07) is 6.66. The fourth-order valence-electron chi connectivity index (χ4n) is 2.49. The molecule has 130 valence electrons. The summed E-state index contributed by atoms with van der Waals surface area (Å²) in [4.78, 5) is 10.8. The number of aryl methyl sites for hydroxylation is 2. The van der Waals surface area contributed by atoms with Crippen molar-refractivity contribution < 1.29 is 4.39 Å². The van der Waals surface area contributed by atoms with Crippen LogP contribution in [0, 0.1) is 12.7 Å². The maximum atomic E-state index is 13.3. The Morgan fingerprint density at radius 1 is 1.38 bits per heavy atom. The zero-order valence-corrected chi connectivity index (χ0v) is 15.4. The van der Waals surface area contributed by atoms with Crippen molar-refractivity contribution in [3.63, 3.8) is 0 Å². The minimum absolute atomic E-state index is 0.207. The molecule has 0 unspecified atom stereocenters. The molecule has 1 aromatic heterocycles. The molecule has 0 aliphatic heterocycles. The van der Waals surface area contributed by atoms with Gasteiger partial charge in [-0.05, 0) is 43.9 Å². The third-order valence-corrected chi connectivity index (χ3v) is 4.68. The normalized spacial score (nSPS) is 11.6. The van der Waals surface area contributed by atoms with Crippen LogP contribution in [-0.2, 0) is 13.0 Å². The van der Waals surface area contributed by atoms with Crippen molar-refractivity contribution in [2.45, 2.75) is 32.7 Å². The third-order valence-electron chi connectivity index (χ3n) is 3.65. The highest BCUT2D eigenvalue weighted by Crippen LogP contribution is 2.11. The van der Waals surface area contributed by atoms with Crippen LogP contribution in [0.3, 0.4) is 0 Å². The number of hydrogen-bond donors (Lipinski definition) is 1. The van der Waals surface area contributed by atoms with Crippen molar-refractivity contribution >= 4 is 17.3 Å². The highest BCUT2D eigenvalue weighted by atomic mass is 32.1. The fraction of sp³-hybridized carbons (Fsp3) is 0.444. The number of benzene rings is 1. The molecule has 0 amide bonds. The van der Waals surface area contributed by atoms with E-state index in [0.29, 0.717) is 6.54 Å². The van der Waals surface area contributed by atoms with Gasteiger partial charge >= 0.3 is 0 Å². The zero-order chi connectivity index (χ0) is 17.4. The highest BCUT2D eigenvalue weighted by molar-refractivity contribution is 7.09. The van der Waals surface area contributed by atoms with Crippen LogP contribution < -0.4 is 5.32 Å². The summed E-state index contributed by atoms with van der Waals surface area (Å²) in [6.07, 6.45) is 3.19. The number of thiazole rings is 1. The van der Waals surface area contributed by atoms with Crippen molar-refractivity contribution in [2.24, 2.45) is 4.99 Å². The molecule has 1 heterocycles. The molecule has 1 aromatic carbocycles. The van der Waals surface area contributed by atoms with Crippen molar-refractivity contribution in [1.29, 1.82) is 0 Å². The van der Waals surface area contributed by atoms with Gasteiger partial charge in [-0.2, -0.15) is 0 Å². The van der Waals surface area contributed by atoms with Crippen LogP contribution in [0.25, 0.3) is 0 Å². The lowest BCUT2D eigenvalue weighted by Gasteiger charge is -2.22. The van der Waals surface area contributed by atoms with Gasteiger partial charge in [0, 0.05) is 38.3 Å². The summed E-state index contributed by atoms with van der Waals surface area (Å²) in [7, 11) is 3.72. The minimum atomic E-state index is -0.207. The quantitative estimate of drug-likeness (QED) is 0.472. The van der Waals surface area contributed by atoms with Crippen LogP contribution in [0.5, 0.6) is 0 Å². The number of guanidine groups is 1. The van der Waals surface area contributed by atoms with E-state index in [9.17, 15) is 4.39 Å². The Morgan fingerprint density at radius 2 is 2.21 bits per heavy atom. The molecule has 0 bridgehead atoms. The summed E-state index contributed by atoms with van der Waals surface area (Å²) in [5.74, 6) is 0.616. The van der Waals surface area contributed by atoms with E-state index in [0.717, 1.165) is 43.0 Å². The van der Waals surface area contributed by atoms with Gasteiger partial charge in [-0.25, -0.2) is 9.37 Å². The molecular weight excluding hydrogens is 323 g/mol. The molecule has 4 nitrogen and oxygen atoms in total. The SMILES string of the molecule is CN=C(NCCCCc1nc(C)cs1)N(C)Cc1cccc(F)c1. The van der Waals surface area contributed by atoms with Gasteiger partial charge in [0.25, 0.3) is 0 Å². The molecule has 2 rings (SSSR count). The van der Waals surface area contributed by atoms with E-state index in [-0.39, 0.29) is 5.82 Å².